The zero-order valence-corrected chi connectivity index (χ0v) is 9.91. The second-order valence-electron chi connectivity index (χ2n) is 4.19. The van der Waals surface area contributed by atoms with Gasteiger partial charge in [-0.1, -0.05) is 13.8 Å². The molecule has 4 nitrogen and oxygen atoms in total. The van der Waals surface area contributed by atoms with Crippen LogP contribution in [0.1, 0.15) is 32.9 Å². The van der Waals surface area contributed by atoms with Crippen molar-refractivity contribution in [3.8, 4) is 6.08 Å². The fourth-order valence-electron chi connectivity index (χ4n) is 1.49. The van der Waals surface area contributed by atoms with Crippen LogP contribution in [0.2, 0.25) is 0 Å². The Morgan fingerprint density at radius 2 is 2.20 bits per heavy atom. The molecule has 0 spiro atoms. The predicted octanol–water partition coefficient (Wildman–Crippen LogP) is 2.21. The Bertz CT molecular complexity index is 284. The molecule has 0 aliphatic carbocycles. The van der Waals surface area contributed by atoms with E-state index in [4.69, 9.17) is 9.15 Å². The summed E-state index contributed by atoms with van der Waals surface area (Å²) in [7, 11) is 1.87. The summed E-state index contributed by atoms with van der Waals surface area (Å²) in [4.78, 5) is 4.20. The summed E-state index contributed by atoms with van der Waals surface area (Å²) < 4.78 is 10.7. The lowest BCUT2D eigenvalue weighted by Crippen LogP contribution is -2.14. The molecule has 0 radical (unpaired) electrons. The summed E-state index contributed by atoms with van der Waals surface area (Å²) >= 11 is 0. The van der Waals surface area contributed by atoms with Gasteiger partial charge >= 0.3 is 6.08 Å². The van der Waals surface area contributed by atoms with Gasteiger partial charge in [0.15, 0.2) is 0 Å². The summed E-state index contributed by atoms with van der Waals surface area (Å²) in [6, 6.07) is 0. The van der Waals surface area contributed by atoms with Crippen molar-refractivity contribution in [3.63, 3.8) is 0 Å². The van der Waals surface area contributed by atoms with E-state index in [1.807, 2.05) is 14.0 Å². The van der Waals surface area contributed by atoms with Gasteiger partial charge in [-0.25, -0.2) is 0 Å². The zero-order chi connectivity index (χ0) is 11.3. The molecule has 15 heavy (non-hydrogen) atoms. The Kier molecular flexibility index (Phi) is 4.62. The van der Waals surface area contributed by atoms with Crippen LogP contribution >= 0.6 is 0 Å². The van der Waals surface area contributed by atoms with E-state index in [-0.39, 0.29) is 6.10 Å². The first kappa shape index (κ1) is 12.0. The molecule has 1 aromatic heterocycles. The minimum Gasteiger partial charge on any atom is -0.447 e. The molecule has 0 bridgehead atoms. The number of nitrogens with one attached hydrogen (secondary N) is 1. The summed E-state index contributed by atoms with van der Waals surface area (Å²) in [6.45, 7) is 7.07. The molecule has 0 aliphatic rings. The molecule has 0 saturated heterocycles. The van der Waals surface area contributed by atoms with Crippen LogP contribution in [0.15, 0.2) is 10.7 Å². The third-order valence-corrected chi connectivity index (χ3v) is 1.99. The summed E-state index contributed by atoms with van der Waals surface area (Å²) in [5, 5.41) is 3.00. The lowest BCUT2D eigenvalue weighted by molar-refractivity contribution is 0.142. The zero-order valence-electron chi connectivity index (χ0n) is 9.91. The number of rotatable bonds is 6. The van der Waals surface area contributed by atoms with Gasteiger partial charge in [0, 0.05) is 6.54 Å². The van der Waals surface area contributed by atoms with E-state index in [0.717, 1.165) is 12.1 Å². The maximum atomic E-state index is 5.55. The molecule has 1 atom stereocenters. The molecule has 0 aromatic carbocycles. The van der Waals surface area contributed by atoms with E-state index < -0.39 is 0 Å². The van der Waals surface area contributed by atoms with Gasteiger partial charge in [-0.05, 0) is 26.3 Å². The van der Waals surface area contributed by atoms with Crippen LogP contribution in [0.3, 0.4) is 0 Å². The maximum Gasteiger partial charge on any atom is 0.393 e. The number of aromatic nitrogens is 1. The predicted molar refractivity (Wildman–Crippen MR) is 58.8 cm³/mol. The van der Waals surface area contributed by atoms with E-state index in [1.54, 1.807) is 6.26 Å². The number of nitrogens with zero attached hydrogens (tertiary/aromatic N) is 1. The van der Waals surface area contributed by atoms with Gasteiger partial charge in [0.25, 0.3) is 0 Å². The first-order valence-corrected chi connectivity index (χ1v) is 5.37. The summed E-state index contributed by atoms with van der Waals surface area (Å²) in [6.07, 6.45) is 3.14. The largest absolute Gasteiger partial charge is 0.447 e. The number of hydrogen-bond acceptors (Lipinski definition) is 4. The third-order valence-electron chi connectivity index (χ3n) is 1.99. The molecule has 0 fully saturated rings. The Morgan fingerprint density at radius 1 is 1.47 bits per heavy atom. The minimum atomic E-state index is 0.145. The monoisotopic (exact) mass is 212 g/mol. The second kappa shape index (κ2) is 5.75. The van der Waals surface area contributed by atoms with E-state index in [1.165, 1.54) is 0 Å². The fraction of sp³-hybridized carbons (Fsp3) is 0.727. The van der Waals surface area contributed by atoms with Crippen molar-refractivity contribution in [1.82, 2.24) is 10.3 Å². The van der Waals surface area contributed by atoms with Crippen molar-refractivity contribution in [3.05, 3.63) is 12.0 Å². The molecule has 0 amide bonds. The normalized spacial score (nSPS) is 13.1. The van der Waals surface area contributed by atoms with Gasteiger partial charge < -0.3 is 14.5 Å². The van der Waals surface area contributed by atoms with Gasteiger partial charge in [0.1, 0.15) is 12.4 Å². The summed E-state index contributed by atoms with van der Waals surface area (Å²) in [5.41, 5.74) is 0.865. The average Bonchev–Trinajstić information content (AvgIpc) is 2.51. The number of oxazole rings is 1. The smallest absolute Gasteiger partial charge is 0.393 e. The highest BCUT2D eigenvalue weighted by Crippen LogP contribution is 2.15. The van der Waals surface area contributed by atoms with Crippen molar-refractivity contribution in [2.45, 2.75) is 39.8 Å². The highest BCUT2D eigenvalue weighted by Gasteiger charge is 2.10. The lowest BCUT2D eigenvalue weighted by Gasteiger charge is -2.12. The lowest BCUT2D eigenvalue weighted by atomic mass is 10.1. The van der Waals surface area contributed by atoms with Gasteiger partial charge in [-0.3, -0.25) is 0 Å². The number of hydrogen-bond donors (Lipinski definition) is 1. The van der Waals surface area contributed by atoms with Crippen LogP contribution < -0.4 is 10.1 Å². The Labute approximate surface area is 91.0 Å². The van der Waals surface area contributed by atoms with Crippen LogP contribution in [0.25, 0.3) is 0 Å². The van der Waals surface area contributed by atoms with Crippen LogP contribution in [0.4, 0.5) is 0 Å². The van der Waals surface area contributed by atoms with Crippen molar-refractivity contribution in [1.29, 1.82) is 0 Å². The van der Waals surface area contributed by atoms with E-state index in [9.17, 15) is 0 Å². The molecular formula is C11H20N2O2. The topological polar surface area (TPSA) is 47.3 Å². The van der Waals surface area contributed by atoms with Gasteiger partial charge in [0.2, 0.25) is 0 Å². The average molecular weight is 212 g/mol. The van der Waals surface area contributed by atoms with E-state index in [2.05, 4.69) is 24.1 Å². The first-order valence-electron chi connectivity index (χ1n) is 5.37. The van der Waals surface area contributed by atoms with Crippen molar-refractivity contribution in [2.24, 2.45) is 5.92 Å². The van der Waals surface area contributed by atoms with Crippen molar-refractivity contribution < 1.29 is 9.15 Å². The minimum absolute atomic E-state index is 0.145. The van der Waals surface area contributed by atoms with E-state index >= 15 is 0 Å². The SMILES string of the molecule is CNCc1coc(OC(C)CC(C)C)n1. The van der Waals surface area contributed by atoms with Crippen LogP contribution in [0, 0.1) is 5.92 Å². The third kappa shape index (κ3) is 4.34. The van der Waals surface area contributed by atoms with Crippen molar-refractivity contribution in [2.75, 3.05) is 7.05 Å². The Hall–Kier alpha value is -1.03. The first-order chi connectivity index (χ1) is 7.11. The van der Waals surface area contributed by atoms with Crippen LogP contribution in [-0.2, 0) is 6.54 Å². The molecule has 0 aliphatic heterocycles. The van der Waals surface area contributed by atoms with Crippen LogP contribution in [0.5, 0.6) is 6.08 Å². The van der Waals surface area contributed by atoms with Gasteiger partial charge in [-0.2, -0.15) is 4.98 Å². The molecule has 0 saturated carbocycles. The van der Waals surface area contributed by atoms with Gasteiger partial charge in [-0.15, -0.1) is 0 Å². The standard InChI is InChI=1S/C11H20N2O2/c1-8(2)5-9(3)15-11-13-10(6-12-4)7-14-11/h7-9,12H,5-6H2,1-4H3. The molecule has 1 aromatic rings. The molecule has 86 valence electrons. The highest BCUT2D eigenvalue weighted by molar-refractivity contribution is 4.99. The fourth-order valence-corrected chi connectivity index (χ4v) is 1.49. The number of ether oxygens (including phenoxy) is 1. The maximum absolute atomic E-state index is 5.55. The molecule has 1 unspecified atom stereocenters. The quantitative estimate of drug-likeness (QED) is 0.785. The molecule has 1 N–H and O–H groups in total. The Morgan fingerprint density at radius 3 is 2.80 bits per heavy atom. The molecule has 4 heteroatoms. The van der Waals surface area contributed by atoms with Crippen molar-refractivity contribution >= 4 is 0 Å². The molecule has 1 rings (SSSR count). The van der Waals surface area contributed by atoms with E-state index in [0.29, 0.717) is 18.5 Å². The van der Waals surface area contributed by atoms with Gasteiger partial charge in [0.05, 0.1) is 5.69 Å². The highest BCUT2D eigenvalue weighted by atomic mass is 16.6. The summed E-state index contributed by atoms with van der Waals surface area (Å²) in [5.74, 6) is 0.617. The van der Waals surface area contributed by atoms with Crippen LogP contribution in [-0.4, -0.2) is 18.1 Å². The molecular weight excluding hydrogens is 192 g/mol. The Balaban J connectivity index is 2.42. The molecule has 1 heterocycles. The second-order valence-corrected chi connectivity index (χ2v) is 4.19.